The van der Waals surface area contributed by atoms with E-state index in [4.69, 9.17) is 14.5 Å². The molecule has 1 aromatic carbocycles. The van der Waals surface area contributed by atoms with E-state index in [9.17, 15) is 5.11 Å². The minimum Gasteiger partial charge on any atom is -0.506 e. The fourth-order valence-electron chi connectivity index (χ4n) is 4.50. The van der Waals surface area contributed by atoms with Crippen molar-refractivity contribution in [1.29, 1.82) is 0 Å². The maximum Gasteiger partial charge on any atom is 0.133 e. The van der Waals surface area contributed by atoms with E-state index >= 15 is 0 Å². The zero-order valence-electron chi connectivity index (χ0n) is 22.5. The summed E-state index contributed by atoms with van der Waals surface area (Å²) in [6.07, 6.45) is 7.35. The third kappa shape index (κ3) is 6.87. The second-order valence-electron chi connectivity index (χ2n) is 9.77. The van der Waals surface area contributed by atoms with Gasteiger partial charge < -0.3 is 19.5 Å². The normalized spacial score (nSPS) is 17.0. The van der Waals surface area contributed by atoms with Crippen molar-refractivity contribution in [3.8, 4) is 5.75 Å². The number of amidine groups is 1. The van der Waals surface area contributed by atoms with Crippen molar-refractivity contribution in [2.45, 2.75) is 71.8 Å². The zero-order chi connectivity index (χ0) is 26.2. The first-order valence-corrected chi connectivity index (χ1v) is 13.8. The van der Waals surface area contributed by atoms with Crippen LogP contribution in [0.5, 0.6) is 5.75 Å². The molecule has 196 valence electrons. The Balaban J connectivity index is 0.000000454. The van der Waals surface area contributed by atoms with Gasteiger partial charge in [0.25, 0.3) is 0 Å². The molecule has 5 nitrogen and oxygen atoms in total. The monoisotopic (exact) mass is 510 g/mol. The number of rotatable bonds is 10. The molecule has 1 saturated heterocycles. The minimum absolute atomic E-state index is 0.210. The summed E-state index contributed by atoms with van der Waals surface area (Å²) in [6.45, 7) is 20.9. The van der Waals surface area contributed by atoms with Crippen LogP contribution < -0.4 is 0 Å². The molecule has 1 N–H and O–H groups in total. The molecule has 6 heteroatoms. The Morgan fingerprint density at radius 2 is 2.08 bits per heavy atom. The Hall–Kier alpha value is -2.41. The molecule has 2 aromatic rings. The summed E-state index contributed by atoms with van der Waals surface area (Å²) < 4.78 is 11.6. The van der Waals surface area contributed by atoms with Gasteiger partial charge in [-0.1, -0.05) is 51.2 Å². The van der Waals surface area contributed by atoms with Crippen molar-refractivity contribution in [3.05, 3.63) is 54.1 Å². The summed E-state index contributed by atoms with van der Waals surface area (Å²) in [6, 6.07) is 4.13. The van der Waals surface area contributed by atoms with Crippen LogP contribution in [0.3, 0.4) is 0 Å². The lowest BCUT2D eigenvalue weighted by Gasteiger charge is -2.33. The number of hydrogen-bond donors (Lipinski definition) is 1. The number of phenolic OH excluding ortho intramolecular Hbond substituents is 1. The zero-order valence-corrected chi connectivity index (χ0v) is 23.3. The van der Waals surface area contributed by atoms with E-state index < -0.39 is 0 Å². The Bertz CT molecular complexity index is 1120. The summed E-state index contributed by atoms with van der Waals surface area (Å²) >= 11 is 1.55. The summed E-state index contributed by atoms with van der Waals surface area (Å²) in [5.41, 5.74) is 5.42. The lowest BCUT2D eigenvalue weighted by molar-refractivity contribution is 0.100. The van der Waals surface area contributed by atoms with Crippen LogP contribution in [-0.2, 0) is 15.9 Å². The van der Waals surface area contributed by atoms with E-state index in [0.717, 1.165) is 95.0 Å². The molecule has 2 aliphatic heterocycles. The van der Waals surface area contributed by atoms with Gasteiger partial charge in [0, 0.05) is 36.8 Å². The molecule has 0 aliphatic carbocycles. The van der Waals surface area contributed by atoms with Crippen LogP contribution in [0.1, 0.15) is 70.4 Å². The molecule has 1 atom stereocenters. The third-order valence-electron chi connectivity index (χ3n) is 6.51. The predicted molar refractivity (Wildman–Crippen MR) is 155 cm³/mol. The molecule has 1 fully saturated rings. The van der Waals surface area contributed by atoms with E-state index in [1.54, 1.807) is 18.4 Å². The molecule has 1 aromatic heterocycles. The summed E-state index contributed by atoms with van der Waals surface area (Å²) in [5.74, 6) is 1.32. The Morgan fingerprint density at radius 3 is 2.67 bits per heavy atom. The number of aromatic hydroxyl groups is 1. The van der Waals surface area contributed by atoms with Gasteiger partial charge in [0.05, 0.1) is 24.0 Å². The van der Waals surface area contributed by atoms with Gasteiger partial charge in [0.15, 0.2) is 0 Å². The summed E-state index contributed by atoms with van der Waals surface area (Å²) in [5, 5.41) is 12.7. The van der Waals surface area contributed by atoms with Gasteiger partial charge in [-0.25, -0.2) is 4.99 Å². The lowest BCUT2D eigenvalue weighted by atomic mass is 10.0. The fraction of sp³-hybridized carbons (Fsp3) is 0.500. The third-order valence-corrected chi connectivity index (χ3v) is 7.63. The average molecular weight is 511 g/mol. The Kier molecular flexibility index (Phi) is 10.3. The topological polar surface area (TPSA) is 54.3 Å². The van der Waals surface area contributed by atoms with Gasteiger partial charge in [-0.05, 0) is 56.7 Å². The molecular weight excluding hydrogens is 468 g/mol. The van der Waals surface area contributed by atoms with Gasteiger partial charge in [-0.2, -0.15) is 0 Å². The molecular formula is C30H42N2O3S. The quantitative estimate of drug-likeness (QED) is 0.329. The summed E-state index contributed by atoms with van der Waals surface area (Å²) in [7, 11) is 1.68. The van der Waals surface area contributed by atoms with Crippen molar-refractivity contribution in [2.24, 2.45) is 4.99 Å². The Morgan fingerprint density at radius 1 is 1.31 bits per heavy atom. The highest BCUT2D eigenvalue weighted by Crippen LogP contribution is 2.49. The molecule has 36 heavy (non-hydrogen) atoms. The molecule has 0 bridgehead atoms. The van der Waals surface area contributed by atoms with Gasteiger partial charge in [-0.3, -0.25) is 0 Å². The Labute approximate surface area is 220 Å². The van der Waals surface area contributed by atoms with Crippen molar-refractivity contribution in [2.75, 3.05) is 26.9 Å². The van der Waals surface area contributed by atoms with Crippen molar-refractivity contribution in [1.82, 2.24) is 4.90 Å². The lowest BCUT2D eigenvalue weighted by Crippen LogP contribution is -2.37. The molecule has 0 spiro atoms. The number of methoxy groups -OCH3 is 1. The van der Waals surface area contributed by atoms with Crippen LogP contribution in [0.15, 0.2) is 48.0 Å². The SMILES string of the molecule is C=C(C)CC1=Nc2sc3c(O)cc(CCCC)cc3c2C(=C)N1CC1CCCO1.C=C(CC)COC. The van der Waals surface area contributed by atoms with E-state index in [-0.39, 0.29) is 6.10 Å². The van der Waals surface area contributed by atoms with E-state index in [1.165, 1.54) is 5.56 Å². The van der Waals surface area contributed by atoms with Gasteiger partial charge in [0.1, 0.15) is 16.6 Å². The van der Waals surface area contributed by atoms with Crippen molar-refractivity contribution >= 4 is 38.0 Å². The van der Waals surface area contributed by atoms with E-state index in [1.807, 2.05) is 13.0 Å². The van der Waals surface area contributed by atoms with Gasteiger partial charge in [0.2, 0.25) is 0 Å². The molecule has 1 unspecified atom stereocenters. The molecule has 3 heterocycles. The first-order chi connectivity index (χ1) is 17.3. The minimum atomic E-state index is 0.210. The molecule has 0 radical (unpaired) electrons. The standard InChI is InChI=1S/C24H30N2O2S.C6H12O/c1-5-6-8-17-12-19-22-16(4)26(14-18-9-7-10-28-18)21(11-15(2)3)25-24(22)29-23(19)20(27)13-17;1-4-6(2)5-7-3/h12-13,18,27H,2,4-11,14H2,1,3H3;2,4-5H2,1,3H3. The fourth-order valence-corrected chi connectivity index (χ4v) is 5.61. The smallest absolute Gasteiger partial charge is 0.133 e. The first-order valence-electron chi connectivity index (χ1n) is 13.0. The number of benzene rings is 1. The van der Waals surface area contributed by atoms with Crippen molar-refractivity contribution < 1.29 is 14.6 Å². The number of aliphatic imine (C=N–C) groups is 1. The van der Waals surface area contributed by atoms with Crippen LogP contribution in [0.2, 0.25) is 0 Å². The average Bonchev–Trinajstić information content (AvgIpc) is 3.48. The summed E-state index contributed by atoms with van der Waals surface area (Å²) in [4.78, 5) is 7.22. The number of phenols is 1. The number of unbranched alkanes of at least 4 members (excludes halogenated alkanes) is 1. The number of aryl methyl sites for hydroxylation is 1. The number of ether oxygens (including phenoxy) is 2. The number of fused-ring (bicyclic) bond motifs is 3. The molecule has 2 aliphatic rings. The number of hydrogen-bond acceptors (Lipinski definition) is 6. The highest BCUT2D eigenvalue weighted by Gasteiger charge is 2.31. The largest absolute Gasteiger partial charge is 0.506 e. The van der Waals surface area contributed by atoms with Gasteiger partial charge >= 0.3 is 0 Å². The number of nitrogens with zero attached hydrogens (tertiary/aromatic N) is 2. The van der Waals surface area contributed by atoms with Crippen LogP contribution in [0, 0.1) is 0 Å². The van der Waals surface area contributed by atoms with Crippen molar-refractivity contribution in [3.63, 3.8) is 0 Å². The van der Waals surface area contributed by atoms with Crippen LogP contribution >= 0.6 is 11.3 Å². The van der Waals surface area contributed by atoms with Crippen LogP contribution in [-0.4, -0.2) is 48.8 Å². The molecule has 0 amide bonds. The van der Waals surface area contributed by atoms with E-state index in [2.05, 4.69) is 44.6 Å². The highest BCUT2D eigenvalue weighted by atomic mass is 32.1. The highest BCUT2D eigenvalue weighted by molar-refractivity contribution is 7.23. The molecule has 0 saturated carbocycles. The van der Waals surface area contributed by atoms with Gasteiger partial charge in [-0.15, -0.1) is 11.3 Å². The number of thiophene rings is 1. The maximum absolute atomic E-state index is 10.7. The molecule has 4 rings (SSSR count). The first kappa shape index (κ1) is 28.2. The second-order valence-corrected chi connectivity index (χ2v) is 10.8. The maximum atomic E-state index is 10.7. The van der Waals surface area contributed by atoms with E-state index in [0.29, 0.717) is 18.8 Å². The van der Waals surface area contributed by atoms with Crippen LogP contribution in [0.25, 0.3) is 15.8 Å². The van der Waals surface area contributed by atoms with Crippen LogP contribution in [0.4, 0.5) is 5.00 Å². The second kappa shape index (κ2) is 13.2. The predicted octanol–water partition coefficient (Wildman–Crippen LogP) is 8.01.